The van der Waals surface area contributed by atoms with Crippen molar-refractivity contribution in [2.24, 2.45) is 0 Å². The van der Waals surface area contributed by atoms with Gasteiger partial charge in [0.2, 0.25) is 5.43 Å². The van der Waals surface area contributed by atoms with Crippen LogP contribution in [0, 0.1) is 3.57 Å². The maximum atomic E-state index is 12.4. The predicted octanol–water partition coefficient (Wildman–Crippen LogP) is 4.96. The molecular formula is C16H8F3IO3. The van der Waals surface area contributed by atoms with Gasteiger partial charge in [0.05, 0.1) is 5.39 Å². The summed E-state index contributed by atoms with van der Waals surface area (Å²) in [5.41, 5.74) is 0.508. The van der Waals surface area contributed by atoms with Crippen LogP contribution in [-0.2, 0) is 0 Å². The van der Waals surface area contributed by atoms with Crippen LogP contribution in [0.2, 0.25) is 0 Å². The molecule has 0 radical (unpaired) electrons. The molecule has 0 aliphatic rings. The van der Waals surface area contributed by atoms with E-state index >= 15 is 0 Å². The summed E-state index contributed by atoms with van der Waals surface area (Å²) in [6.07, 6.45) is -4.81. The van der Waals surface area contributed by atoms with Crippen LogP contribution in [0.3, 0.4) is 0 Å². The van der Waals surface area contributed by atoms with Gasteiger partial charge in [0, 0.05) is 5.56 Å². The highest BCUT2D eigenvalue weighted by Crippen LogP contribution is 2.30. The fourth-order valence-electron chi connectivity index (χ4n) is 2.12. The van der Waals surface area contributed by atoms with Gasteiger partial charge in [0.1, 0.15) is 14.9 Å². The third kappa shape index (κ3) is 3.34. The van der Waals surface area contributed by atoms with E-state index in [0.29, 0.717) is 14.9 Å². The first kappa shape index (κ1) is 15.9. The van der Waals surface area contributed by atoms with E-state index in [4.69, 9.17) is 4.42 Å². The zero-order valence-electron chi connectivity index (χ0n) is 11.4. The maximum absolute atomic E-state index is 12.4. The first-order chi connectivity index (χ1) is 10.8. The minimum absolute atomic E-state index is 0.0378. The topological polar surface area (TPSA) is 39.4 Å². The van der Waals surface area contributed by atoms with Crippen molar-refractivity contribution < 1.29 is 22.3 Å². The lowest BCUT2D eigenvalue weighted by Crippen LogP contribution is -2.17. The highest BCUT2D eigenvalue weighted by atomic mass is 127. The minimum atomic E-state index is -4.81. The Hall–Kier alpha value is -2.03. The van der Waals surface area contributed by atoms with E-state index < -0.39 is 17.5 Å². The second kappa shape index (κ2) is 5.88. The van der Waals surface area contributed by atoms with E-state index in [1.807, 2.05) is 28.7 Å². The Bertz CT molecular complexity index is 917. The first-order valence-corrected chi connectivity index (χ1v) is 7.50. The molecule has 2 aromatic carbocycles. The van der Waals surface area contributed by atoms with Gasteiger partial charge in [-0.25, -0.2) is 0 Å². The average molecular weight is 432 g/mol. The predicted molar refractivity (Wildman–Crippen MR) is 87.3 cm³/mol. The summed E-state index contributed by atoms with van der Waals surface area (Å²) >= 11 is 1.83. The molecule has 0 saturated carbocycles. The van der Waals surface area contributed by atoms with Gasteiger partial charge in [0.25, 0.3) is 0 Å². The summed E-state index contributed by atoms with van der Waals surface area (Å²) in [4.78, 5) is 12.4. The normalized spacial score (nSPS) is 11.7. The molecule has 0 amide bonds. The van der Waals surface area contributed by atoms with Crippen LogP contribution in [0.25, 0.3) is 22.3 Å². The first-order valence-electron chi connectivity index (χ1n) is 6.43. The Morgan fingerprint density at radius 1 is 1.04 bits per heavy atom. The number of rotatable bonds is 2. The Morgan fingerprint density at radius 3 is 2.39 bits per heavy atom. The molecule has 0 saturated heterocycles. The number of alkyl halides is 3. The van der Waals surface area contributed by atoms with Crippen molar-refractivity contribution in [3.63, 3.8) is 0 Å². The number of benzene rings is 2. The molecule has 7 heteroatoms. The number of ether oxygens (including phenoxy) is 1. The third-order valence-corrected chi connectivity index (χ3v) is 4.06. The SMILES string of the molecule is O=c1c(I)c(-c2ccccc2)oc2ccc(OC(F)(F)F)cc12. The van der Waals surface area contributed by atoms with Crippen LogP contribution in [0.1, 0.15) is 0 Å². The van der Waals surface area contributed by atoms with Crippen LogP contribution < -0.4 is 10.2 Å². The summed E-state index contributed by atoms with van der Waals surface area (Å²) in [6.45, 7) is 0. The molecule has 0 unspecified atom stereocenters. The Balaban J connectivity index is 2.17. The largest absolute Gasteiger partial charge is 0.573 e. The Kier molecular flexibility index (Phi) is 4.05. The molecule has 3 aromatic rings. The van der Waals surface area contributed by atoms with Gasteiger partial charge in [-0.2, -0.15) is 0 Å². The molecule has 0 bridgehead atoms. The van der Waals surface area contributed by atoms with E-state index in [0.717, 1.165) is 12.1 Å². The van der Waals surface area contributed by atoms with E-state index in [2.05, 4.69) is 4.74 Å². The standard InChI is InChI=1S/C16H8F3IO3/c17-16(18,19)23-10-6-7-12-11(8-10)14(21)13(20)15(22-12)9-4-2-1-3-5-9/h1-8H. The second-order valence-corrected chi connectivity index (χ2v) is 5.72. The van der Waals surface area contributed by atoms with Crippen LogP contribution in [0.15, 0.2) is 57.7 Å². The van der Waals surface area contributed by atoms with Crippen LogP contribution in [0.5, 0.6) is 5.75 Å². The molecule has 118 valence electrons. The smallest absolute Gasteiger partial charge is 0.455 e. The van der Waals surface area contributed by atoms with E-state index in [-0.39, 0.29) is 11.0 Å². The second-order valence-electron chi connectivity index (χ2n) is 4.65. The quantitative estimate of drug-likeness (QED) is 0.538. The molecule has 3 nitrogen and oxygen atoms in total. The van der Waals surface area contributed by atoms with E-state index in [9.17, 15) is 18.0 Å². The molecule has 1 aromatic heterocycles. The van der Waals surface area contributed by atoms with Crippen molar-refractivity contribution in [3.05, 3.63) is 62.3 Å². The van der Waals surface area contributed by atoms with Gasteiger partial charge in [-0.1, -0.05) is 30.3 Å². The zero-order chi connectivity index (χ0) is 16.6. The molecule has 0 N–H and O–H groups in total. The summed E-state index contributed by atoms with van der Waals surface area (Å²) in [5, 5.41) is 0.0378. The van der Waals surface area contributed by atoms with Crippen molar-refractivity contribution >= 4 is 33.6 Å². The van der Waals surface area contributed by atoms with Crippen molar-refractivity contribution in [2.45, 2.75) is 6.36 Å². The van der Waals surface area contributed by atoms with Crippen LogP contribution in [-0.4, -0.2) is 6.36 Å². The van der Waals surface area contributed by atoms with Gasteiger partial charge in [-0.05, 0) is 40.8 Å². The Labute approximate surface area is 141 Å². The minimum Gasteiger partial charge on any atom is -0.455 e. The fourth-order valence-corrected chi connectivity index (χ4v) is 2.84. The Morgan fingerprint density at radius 2 is 1.74 bits per heavy atom. The number of hydrogen-bond acceptors (Lipinski definition) is 3. The van der Waals surface area contributed by atoms with Gasteiger partial charge < -0.3 is 9.15 Å². The zero-order valence-corrected chi connectivity index (χ0v) is 13.5. The summed E-state index contributed by atoms with van der Waals surface area (Å²) in [7, 11) is 0. The number of fused-ring (bicyclic) bond motifs is 1. The maximum Gasteiger partial charge on any atom is 0.573 e. The lowest BCUT2D eigenvalue weighted by Gasteiger charge is -2.10. The molecule has 0 fully saturated rings. The van der Waals surface area contributed by atoms with Crippen molar-refractivity contribution in [1.29, 1.82) is 0 Å². The molecule has 1 heterocycles. The lowest BCUT2D eigenvalue weighted by molar-refractivity contribution is -0.274. The van der Waals surface area contributed by atoms with Gasteiger partial charge in [-0.15, -0.1) is 13.2 Å². The molecular weight excluding hydrogens is 424 g/mol. The van der Waals surface area contributed by atoms with Crippen LogP contribution in [0.4, 0.5) is 13.2 Å². The highest BCUT2D eigenvalue weighted by Gasteiger charge is 2.31. The third-order valence-electron chi connectivity index (χ3n) is 3.08. The van der Waals surface area contributed by atoms with Crippen molar-refractivity contribution in [2.75, 3.05) is 0 Å². The average Bonchev–Trinajstić information content (AvgIpc) is 2.50. The molecule has 0 aliphatic heterocycles. The van der Waals surface area contributed by atoms with E-state index in [1.54, 1.807) is 24.3 Å². The van der Waals surface area contributed by atoms with Crippen molar-refractivity contribution in [3.8, 4) is 17.1 Å². The number of hydrogen-bond donors (Lipinski definition) is 0. The highest BCUT2D eigenvalue weighted by molar-refractivity contribution is 14.1. The summed E-state index contributed by atoms with van der Waals surface area (Å²) in [6, 6.07) is 12.4. The van der Waals surface area contributed by atoms with Crippen molar-refractivity contribution in [1.82, 2.24) is 0 Å². The molecule has 3 rings (SSSR count). The van der Waals surface area contributed by atoms with E-state index in [1.165, 1.54) is 6.07 Å². The molecule has 0 atom stereocenters. The summed E-state index contributed by atoms with van der Waals surface area (Å²) in [5.74, 6) is -0.0752. The molecule has 0 spiro atoms. The van der Waals surface area contributed by atoms with Gasteiger partial charge in [0.15, 0.2) is 5.76 Å². The van der Waals surface area contributed by atoms with Crippen LogP contribution >= 0.6 is 22.6 Å². The molecule has 0 aliphatic carbocycles. The van der Waals surface area contributed by atoms with Gasteiger partial charge >= 0.3 is 6.36 Å². The van der Waals surface area contributed by atoms with Gasteiger partial charge in [-0.3, -0.25) is 4.79 Å². The fraction of sp³-hybridized carbons (Fsp3) is 0.0625. The molecule has 23 heavy (non-hydrogen) atoms. The lowest BCUT2D eigenvalue weighted by atomic mass is 10.1. The monoisotopic (exact) mass is 432 g/mol. The number of halogens is 4. The summed E-state index contributed by atoms with van der Waals surface area (Å²) < 4.78 is 46.7.